The summed E-state index contributed by atoms with van der Waals surface area (Å²) in [4.78, 5) is 12.4. The van der Waals surface area contributed by atoms with Gasteiger partial charge in [0.15, 0.2) is 5.65 Å². The molecule has 0 spiro atoms. The average Bonchev–Trinajstić information content (AvgIpc) is 3.08. The van der Waals surface area contributed by atoms with Gasteiger partial charge in [0, 0.05) is 25.0 Å². The average molecular weight is 389 g/mol. The SMILES string of the molecule is c1ccc2nc3c(nc2c1)c1ccccc1n3CCCCCCN1CCOCC1. The number of hydrogen-bond donors (Lipinski definition) is 0. The quantitative estimate of drug-likeness (QED) is 0.433. The minimum atomic E-state index is 0.892. The Morgan fingerprint density at radius 1 is 0.759 bits per heavy atom. The Morgan fingerprint density at radius 2 is 1.45 bits per heavy atom. The van der Waals surface area contributed by atoms with E-state index in [9.17, 15) is 0 Å². The predicted molar refractivity (Wildman–Crippen MR) is 118 cm³/mol. The molecule has 5 heteroatoms. The van der Waals surface area contributed by atoms with Crippen molar-refractivity contribution >= 4 is 33.1 Å². The Hall–Kier alpha value is -2.50. The van der Waals surface area contributed by atoms with Crippen molar-refractivity contribution in [2.24, 2.45) is 0 Å². The van der Waals surface area contributed by atoms with E-state index in [4.69, 9.17) is 14.7 Å². The van der Waals surface area contributed by atoms with Gasteiger partial charge < -0.3 is 9.30 Å². The normalized spacial score (nSPS) is 15.6. The first-order valence-electron chi connectivity index (χ1n) is 10.8. The van der Waals surface area contributed by atoms with Gasteiger partial charge in [0.05, 0.1) is 29.8 Å². The van der Waals surface area contributed by atoms with Crippen LogP contribution in [0.25, 0.3) is 33.1 Å². The van der Waals surface area contributed by atoms with Gasteiger partial charge in [0.25, 0.3) is 0 Å². The predicted octanol–water partition coefficient (Wildman–Crippen LogP) is 4.63. The highest BCUT2D eigenvalue weighted by atomic mass is 16.5. The molecule has 0 amide bonds. The first kappa shape index (κ1) is 18.5. The Kier molecular flexibility index (Phi) is 5.41. The molecule has 0 unspecified atom stereocenters. The van der Waals surface area contributed by atoms with Gasteiger partial charge in [0.2, 0.25) is 0 Å². The second-order valence-electron chi connectivity index (χ2n) is 7.92. The third-order valence-electron chi connectivity index (χ3n) is 5.97. The number of rotatable bonds is 7. The molecule has 150 valence electrons. The molecule has 1 fully saturated rings. The van der Waals surface area contributed by atoms with Crippen molar-refractivity contribution in [3.05, 3.63) is 48.5 Å². The molecule has 0 saturated carbocycles. The zero-order chi connectivity index (χ0) is 19.5. The molecule has 1 aliphatic rings. The van der Waals surface area contributed by atoms with Crippen LogP contribution < -0.4 is 0 Å². The Labute approximate surface area is 171 Å². The van der Waals surface area contributed by atoms with Crippen LogP contribution in [-0.2, 0) is 11.3 Å². The van der Waals surface area contributed by atoms with Crippen molar-refractivity contribution in [3.8, 4) is 0 Å². The molecular formula is C24H28N4O. The van der Waals surface area contributed by atoms with Gasteiger partial charge >= 0.3 is 0 Å². The number of hydrogen-bond acceptors (Lipinski definition) is 4. The van der Waals surface area contributed by atoms with E-state index in [1.165, 1.54) is 43.1 Å². The van der Waals surface area contributed by atoms with Crippen molar-refractivity contribution in [1.82, 2.24) is 19.4 Å². The van der Waals surface area contributed by atoms with Crippen molar-refractivity contribution < 1.29 is 4.74 Å². The van der Waals surface area contributed by atoms with E-state index in [1.807, 2.05) is 18.2 Å². The highest BCUT2D eigenvalue weighted by molar-refractivity contribution is 6.06. The summed E-state index contributed by atoms with van der Waals surface area (Å²) in [5.41, 5.74) is 5.21. The van der Waals surface area contributed by atoms with Crippen LogP contribution in [0.5, 0.6) is 0 Å². The Morgan fingerprint density at radius 3 is 2.28 bits per heavy atom. The van der Waals surface area contributed by atoms with Crippen LogP contribution in [0.2, 0.25) is 0 Å². The fraction of sp³-hybridized carbons (Fsp3) is 0.417. The van der Waals surface area contributed by atoms with Crippen LogP contribution in [0.4, 0.5) is 0 Å². The molecule has 0 N–H and O–H groups in total. The monoisotopic (exact) mass is 388 g/mol. The summed E-state index contributed by atoms with van der Waals surface area (Å²) in [5.74, 6) is 0. The second kappa shape index (κ2) is 8.47. The third kappa shape index (κ3) is 3.85. The first-order chi connectivity index (χ1) is 14.4. The van der Waals surface area contributed by atoms with E-state index in [2.05, 4.69) is 39.8 Å². The lowest BCUT2D eigenvalue weighted by Gasteiger charge is -2.26. The number of aryl methyl sites for hydroxylation is 1. The molecule has 3 heterocycles. The maximum atomic E-state index is 5.43. The summed E-state index contributed by atoms with van der Waals surface area (Å²) in [5, 5.41) is 1.20. The first-order valence-corrected chi connectivity index (χ1v) is 10.8. The molecule has 5 nitrogen and oxygen atoms in total. The molecule has 29 heavy (non-hydrogen) atoms. The minimum absolute atomic E-state index is 0.892. The molecule has 0 atom stereocenters. The highest BCUT2D eigenvalue weighted by Gasteiger charge is 2.14. The van der Waals surface area contributed by atoms with Crippen LogP contribution >= 0.6 is 0 Å². The van der Waals surface area contributed by atoms with Crippen LogP contribution in [-0.4, -0.2) is 52.3 Å². The largest absolute Gasteiger partial charge is 0.379 e. The number of ether oxygens (including phenoxy) is 1. The van der Waals surface area contributed by atoms with Gasteiger partial charge in [-0.15, -0.1) is 0 Å². The summed E-state index contributed by atoms with van der Waals surface area (Å²) in [6.07, 6.45) is 4.98. The van der Waals surface area contributed by atoms with Gasteiger partial charge in [-0.3, -0.25) is 4.90 Å². The van der Waals surface area contributed by atoms with E-state index in [0.717, 1.165) is 55.0 Å². The van der Waals surface area contributed by atoms with E-state index in [-0.39, 0.29) is 0 Å². The van der Waals surface area contributed by atoms with Crippen LogP contribution in [0.3, 0.4) is 0 Å². The highest BCUT2D eigenvalue weighted by Crippen LogP contribution is 2.28. The minimum Gasteiger partial charge on any atom is -0.379 e. The Bertz CT molecular complexity index is 1110. The molecule has 4 aromatic rings. The number of fused-ring (bicyclic) bond motifs is 4. The van der Waals surface area contributed by atoms with E-state index in [1.54, 1.807) is 0 Å². The van der Waals surface area contributed by atoms with Crippen LogP contribution in [0, 0.1) is 0 Å². The molecule has 0 radical (unpaired) electrons. The molecule has 5 rings (SSSR count). The Balaban J connectivity index is 1.30. The molecular weight excluding hydrogens is 360 g/mol. The van der Waals surface area contributed by atoms with Crippen LogP contribution in [0.1, 0.15) is 25.7 Å². The number of nitrogens with zero attached hydrogens (tertiary/aromatic N) is 4. The van der Waals surface area contributed by atoms with Crippen molar-refractivity contribution in [1.29, 1.82) is 0 Å². The van der Waals surface area contributed by atoms with Gasteiger partial charge in [-0.1, -0.05) is 43.2 Å². The summed E-state index contributed by atoms with van der Waals surface area (Å²) < 4.78 is 7.79. The lowest BCUT2D eigenvalue weighted by molar-refractivity contribution is 0.0371. The number of morpholine rings is 1. The second-order valence-corrected chi connectivity index (χ2v) is 7.92. The van der Waals surface area contributed by atoms with Crippen molar-refractivity contribution in [2.75, 3.05) is 32.8 Å². The molecule has 1 aliphatic heterocycles. The zero-order valence-electron chi connectivity index (χ0n) is 16.9. The molecule has 1 saturated heterocycles. The number of benzene rings is 2. The lowest BCUT2D eigenvalue weighted by Crippen LogP contribution is -2.36. The van der Waals surface area contributed by atoms with Crippen molar-refractivity contribution in [3.63, 3.8) is 0 Å². The maximum absolute atomic E-state index is 5.43. The van der Waals surface area contributed by atoms with Gasteiger partial charge in [-0.2, -0.15) is 0 Å². The maximum Gasteiger partial charge on any atom is 0.160 e. The fourth-order valence-electron chi connectivity index (χ4n) is 4.39. The number of aromatic nitrogens is 3. The summed E-state index contributed by atoms with van der Waals surface area (Å²) in [7, 11) is 0. The van der Waals surface area contributed by atoms with Gasteiger partial charge in [-0.25, -0.2) is 9.97 Å². The molecule has 2 aromatic carbocycles. The molecule has 0 aliphatic carbocycles. The lowest BCUT2D eigenvalue weighted by atomic mass is 10.2. The van der Waals surface area contributed by atoms with Crippen LogP contribution in [0.15, 0.2) is 48.5 Å². The van der Waals surface area contributed by atoms with Gasteiger partial charge in [0.1, 0.15) is 5.52 Å². The zero-order valence-corrected chi connectivity index (χ0v) is 16.9. The molecule has 0 bridgehead atoms. The van der Waals surface area contributed by atoms with E-state index in [0.29, 0.717) is 0 Å². The standard InChI is InChI=1S/C24H28N4O/c1(7-13-27-15-17-29-18-16-27)2-8-14-28-22-12-6-3-9-19(22)23-24(28)26-21-11-5-4-10-20(21)25-23/h3-6,9-12H,1-2,7-8,13-18H2. The fourth-order valence-corrected chi connectivity index (χ4v) is 4.39. The summed E-state index contributed by atoms with van der Waals surface area (Å²) in [6.45, 7) is 6.17. The topological polar surface area (TPSA) is 43.2 Å². The van der Waals surface area contributed by atoms with E-state index < -0.39 is 0 Å². The number of unbranched alkanes of at least 4 members (excludes halogenated alkanes) is 3. The van der Waals surface area contributed by atoms with Gasteiger partial charge in [-0.05, 0) is 37.6 Å². The summed E-state index contributed by atoms with van der Waals surface area (Å²) in [6, 6.07) is 16.7. The smallest absolute Gasteiger partial charge is 0.160 e. The van der Waals surface area contributed by atoms with E-state index >= 15 is 0 Å². The van der Waals surface area contributed by atoms with Crippen molar-refractivity contribution in [2.45, 2.75) is 32.2 Å². The number of para-hydroxylation sites is 3. The molecule has 2 aromatic heterocycles. The summed E-state index contributed by atoms with van der Waals surface area (Å²) >= 11 is 0. The third-order valence-corrected chi connectivity index (χ3v) is 5.97.